The third kappa shape index (κ3) is 5.30. The highest BCUT2D eigenvalue weighted by Crippen LogP contribution is 2.44. The number of rotatable bonds is 6. The van der Waals surface area contributed by atoms with Crippen molar-refractivity contribution in [3.8, 4) is 33.4 Å². The molecule has 244 valence electrons. The molecule has 2 nitrogen and oxygen atoms in total. The Bertz CT molecular complexity index is 2910. The van der Waals surface area contributed by atoms with Crippen LogP contribution in [0.5, 0.6) is 0 Å². The summed E-state index contributed by atoms with van der Waals surface area (Å²) in [4.78, 5) is 2.37. The number of fused-ring (bicyclic) bond motifs is 5. The average Bonchev–Trinajstić information content (AvgIpc) is 3.61. The van der Waals surface area contributed by atoms with Crippen molar-refractivity contribution < 1.29 is 4.42 Å². The van der Waals surface area contributed by atoms with Gasteiger partial charge >= 0.3 is 0 Å². The zero-order valence-corrected chi connectivity index (χ0v) is 28.4. The van der Waals surface area contributed by atoms with Gasteiger partial charge in [0, 0.05) is 16.8 Å². The molecule has 0 amide bonds. The first-order chi connectivity index (χ1) is 25.7. The topological polar surface area (TPSA) is 16.4 Å². The number of nitrogens with zero attached hydrogens (tertiary/aromatic N) is 1. The van der Waals surface area contributed by atoms with Crippen molar-refractivity contribution in [3.05, 3.63) is 200 Å². The molecule has 0 aliphatic carbocycles. The van der Waals surface area contributed by atoms with E-state index in [9.17, 15) is 0 Å². The van der Waals surface area contributed by atoms with Gasteiger partial charge in [-0.1, -0.05) is 140 Å². The summed E-state index contributed by atoms with van der Waals surface area (Å²) in [6.07, 6.45) is 0. The molecule has 0 saturated carbocycles. The molecule has 0 aliphatic heterocycles. The molecular weight excluding hydrogens is 631 g/mol. The summed E-state index contributed by atoms with van der Waals surface area (Å²) in [6.45, 7) is 0. The van der Waals surface area contributed by atoms with Crippen LogP contribution in [0.25, 0.3) is 76.9 Å². The maximum Gasteiger partial charge on any atom is 0.137 e. The van der Waals surface area contributed by atoms with E-state index in [2.05, 4.69) is 193 Å². The lowest BCUT2D eigenvalue weighted by Gasteiger charge is -2.27. The van der Waals surface area contributed by atoms with Crippen LogP contribution in [0.4, 0.5) is 17.1 Å². The fourth-order valence-electron chi connectivity index (χ4n) is 7.61. The van der Waals surface area contributed by atoms with Gasteiger partial charge in [0.1, 0.15) is 11.2 Å². The van der Waals surface area contributed by atoms with Crippen LogP contribution < -0.4 is 4.90 Å². The second-order valence-corrected chi connectivity index (χ2v) is 13.4. The number of hydrogen-bond acceptors (Lipinski definition) is 2. The third-order valence-corrected chi connectivity index (χ3v) is 10.2. The third-order valence-electron chi connectivity index (χ3n) is 10.2. The van der Waals surface area contributed by atoms with Gasteiger partial charge in [0.15, 0.2) is 0 Å². The monoisotopic (exact) mass is 663 g/mol. The van der Waals surface area contributed by atoms with E-state index in [4.69, 9.17) is 4.42 Å². The van der Waals surface area contributed by atoms with E-state index < -0.39 is 0 Å². The molecule has 0 atom stereocenters. The molecule has 0 saturated heterocycles. The Morgan fingerprint density at radius 3 is 1.46 bits per heavy atom. The van der Waals surface area contributed by atoms with E-state index in [-0.39, 0.29) is 0 Å². The SMILES string of the molecule is c1ccc(-c2cccc(N(c3ccc4cc(-c5ccc6cc(-c7ccccc7)ccc6c5)ccc4c3)c3cccc4oc5ccccc5c34)c2)cc1. The van der Waals surface area contributed by atoms with Crippen molar-refractivity contribution in [2.24, 2.45) is 0 Å². The normalized spacial score (nSPS) is 11.5. The largest absolute Gasteiger partial charge is 0.456 e. The number of furan rings is 1. The number of hydrogen-bond donors (Lipinski definition) is 0. The number of anilines is 3. The molecule has 1 aromatic heterocycles. The molecule has 0 bridgehead atoms. The van der Waals surface area contributed by atoms with Gasteiger partial charge in [0.25, 0.3) is 0 Å². The minimum Gasteiger partial charge on any atom is -0.456 e. The molecule has 0 unspecified atom stereocenters. The number of benzene rings is 9. The van der Waals surface area contributed by atoms with Gasteiger partial charge in [-0.15, -0.1) is 0 Å². The maximum absolute atomic E-state index is 6.36. The van der Waals surface area contributed by atoms with E-state index in [0.717, 1.165) is 39.0 Å². The molecular formula is C50H33NO. The predicted molar refractivity (Wildman–Crippen MR) is 220 cm³/mol. The fourth-order valence-corrected chi connectivity index (χ4v) is 7.61. The molecule has 0 fully saturated rings. The van der Waals surface area contributed by atoms with Gasteiger partial charge in [-0.2, -0.15) is 0 Å². The van der Waals surface area contributed by atoms with Crippen molar-refractivity contribution in [2.45, 2.75) is 0 Å². The van der Waals surface area contributed by atoms with Crippen molar-refractivity contribution in [2.75, 3.05) is 4.90 Å². The highest BCUT2D eigenvalue weighted by atomic mass is 16.3. The van der Waals surface area contributed by atoms with Gasteiger partial charge in [-0.05, 0) is 116 Å². The van der Waals surface area contributed by atoms with Gasteiger partial charge < -0.3 is 9.32 Å². The van der Waals surface area contributed by atoms with Gasteiger partial charge in [0.2, 0.25) is 0 Å². The van der Waals surface area contributed by atoms with Crippen LogP contribution in [-0.4, -0.2) is 0 Å². The Labute approximate surface area is 302 Å². The van der Waals surface area contributed by atoms with Crippen LogP contribution in [0.2, 0.25) is 0 Å². The van der Waals surface area contributed by atoms with Crippen molar-refractivity contribution >= 4 is 60.5 Å². The van der Waals surface area contributed by atoms with Gasteiger partial charge in [-0.3, -0.25) is 0 Å². The Morgan fingerprint density at radius 2 is 0.788 bits per heavy atom. The summed E-state index contributed by atoms with van der Waals surface area (Å²) >= 11 is 0. The summed E-state index contributed by atoms with van der Waals surface area (Å²) in [5.41, 5.74) is 12.3. The van der Waals surface area contributed by atoms with E-state index in [1.165, 1.54) is 54.9 Å². The second kappa shape index (κ2) is 12.5. The first kappa shape index (κ1) is 30.0. The fraction of sp³-hybridized carbons (Fsp3) is 0. The van der Waals surface area contributed by atoms with Crippen LogP contribution in [0.15, 0.2) is 205 Å². The number of para-hydroxylation sites is 1. The van der Waals surface area contributed by atoms with Gasteiger partial charge in [-0.25, -0.2) is 0 Å². The molecule has 0 aliphatic rings. The Morgan fingerprint density at radius 1 is 0.308 bits per heavy atom. The molecule has 52 heavy (non-hydrogen) atoms. The zero-order chi connectivity index (χ0) is 34.4. The molecule has 0 radical (unpaired) electrons. The van der Waals surface area contributed by atoms with E-state index in [1.807, 2.05) is 12.1 Å². The highest BCUT2D eigenvalue weighted by molar-refractivity contribution is 6.13. The molecule has 10 rings (SSSR count). The average molecular weight is 664 g/mol. The van der Waals surface area contributed by atoms with Crippen LogP contribution in [0.3, 0.4) is 0 Å². The van der Waals surface area contributed by atoms with E-state index in [0.29, 0.717) is 0 Å². The molecule has 0 spiro atoms. The molecule has 1 heterocycles. The minimum absolute atomic E-state index is 0.875. The Hall–Kier alpha value is -6.90. The molecule has 9 aromatic carbocycles. The lowest BCUT2D eigenvalue weighted by atomic mass is 9.96. The lowest BCUT2D eigenvalue weighted by molar-refractivity contribution is 0.669. The maximum atomic E-state index is 6.36. The van der Waals surface area contributed by atoms with Crippen LogP contribution in [0, 0.1) is 0 Å². The molecule has 10 aromatic rings. The molecule has 2 heteroatoms. The summed E-state index contributed by atoms with van der Waals surface area (Å²) < 4.78 is 6.36. The summed E-state index contributed by atoms with van der Waals surface area (Å²) in [6, 6.07) is 71.8. The lowest BCUT2D eigenvalue weighted by Crippen LogP contribution is -2.10. The summed E-state index contributed by atoms with van der Waals surface area (Å²) in [5, 5.41) is 7.07. The van der Waals surface area contributed by atoms with E-state index >= 15 is 0 Å². The highest BCUT2D eigenvalue weighted by Gasteiger charge is 2.20. The van der Waals surface area contributed by atoms with Crippen molar-refractivity contribution in [1.29, 1.82) is 0 Å². The van der Waals surface area contributed by atoms with E-state index in [1.54, 1.807) is 0 Å². The summed E-state index contributed by atoms with van der Waals surface area (Å²) in [5.74, 6) is 0. The second-order valence-electron chi connectivity index (χ2n) is 13.4. The van der Waals surface area contributed by atoms with Crippen LogP contribution >= 0.6 is 0 Å². The Kier molecular flexibility index (Phi) is 7.18. The van der Waals surface area contributed by atoms with Crippen molar-refractivity contribution in [3.63, 3.8) is 0 Å². The van der Waals surface area contributed by atoms with Crippen LogP contribution in [0.1, 0.15) is 0 Å². The standard InChI is InChI=1S/C50H33NO/c1-3-11-34(12-4-1)36-15-9-16-44(32-36)51(47-18-10-20-49-50(47)46-17-7-8-19-48(46)52-49)45-28-27-42-31-41(25-26-43(42)33-45)40-24-23-38-29-37(21-22-39(38)30-40)35-13-5-2-6-14-35/h1-33H. The minimum atomic E-state index is 0.875. The Balaban J connectivity index is 1.08. The summed E-state index contributed by atoms with van der Waals surface area (Å²) in [7, 11) is 0. The predicted octanol–water partition coefficient (Wildman–Crippen LogP) is 14.4. The first-order valence-corrected chi connectivity index (χ1v) is 17.7. The smallest absolute Gasteiger partial charge is 0.137 e. The van der Waals surface area contributed by atoms with Gasteiger partial charge in [0.05, 0.1) is 11.1 Å². The zero-order valence-electron chi connectivity index (χ0n) is 28.4. The van der Waals surface area contributed by atoms with Crippen LogP contribution in [-0.2, 0) is 0 Å². The first-order valence-electron chi connectivity index (χ1n) is 17.7. The quantitative estimate of drug-likeness (QED) is 0.176. The van der Waals surface area contributed by atoms with Crippen molar-refractivity contribution in [1.82, 2.24) is 0 Å². The molecule has 0 N–H and O–H groups in total.